The molecule has 0 radical (unpaired) electrons. The van der Waals surface area contributed by atoms with E-state index in [1.54, 1.807) is 23.2 Å². The van der Waals surface area contributed by atoms with Crippen LogP contribution >= 0.6 is 11.8 Å². The van der Waals surface area contributed by atoms with Crippen molar-refractivity contribution in [3.63, 3.8) is 0 Å². The summed E-state index contributed by atoms with van der Waals surface area (Å²) in [5.41, 5.74) is 1.19. The lowest BCUT2D eigenvalue weighted by molar-refractivity contribution is -0.116. The summed E-state index contributed by atoms with van der Waals surface area (Å²) in [6.45, 7) is 3.68. The van der Waals surface area contributed by atoms with Crippen LogP contribution in [0.4, 0.5) is 4.39 Å². The number of fused-ring (bicyclic) bond motifs is 2. The van der Waals surface area contributed by atoms with Gasteiger partial charge in [-0.15, -0.1) is 11.7 Å². The molecule has 26 heavy (non-hydrogen) atoms. The van der Waals surface area contributed by atoms with E-state index >= 15 is 0 Å². The molecule has 0 saturated heterocycles. The minimum atomic E-state index is -0.536. The number of thioether (sulfide) groups is 1. The molecule has 2 aromatic carbocycles. The fourth-order valence-corrected chi connectivity index (χ4v) is 3.47. The van der Waals surface area contributed by atoms with E-state index in [-0.39, 0.29) is 11.7 Å². The van der Waals surface area contributed by atoms with Gasteiger partial charge in [0, 0.05) is 11.0 Å². The Morgan fingerprint density at radius 3 is 2.77 bits per heavy atom. The quantitative estimate of drug-likeness (QED) is 0.844. The molecule has 0 saturated carbocycles. The molecule has 0 aromatic heterocycles. The van der Waals surface area contributed by atoms with Gasteiger partial charge in [0.05, 0.1) is 5.36 Å². The average Bonchev–Trinajstić information content (AvgIpc) is 2.66. The van der Waals surface area contributed by atoms with Crippen molar-refractivity contribution >= 4 is 28.5 Å². The Morgan fingerprint density at radius 2 is 2.00 bits per heavy atom. The highest BCUT2D eigenvalue weighted by Gasteiger charge is 2.34. The van der Waals surface area contributed by atoms with Crippen LogP contribution in [0.1, 0.15) is 11.7 Å². The summed E-state index contributed by atoms with van der Waals surface area (Å²) in [6, 6.07) is 13.5. The van der Waals surface area contributed by atoms with Gasteiger partial charge in [-0.1, -0.05) is 48.2 Å². The van der Waals surface area contributed by atoms with Crippen LogP contribution < -0.4 is 15.9 Å². The van der Waals surface area contributed by atoms with Crippen molar-refractivity contribution in [3.05, 3.63) is 83.1 Å². The van der Waals surface area contributed by atoms with Gasteiger partial charge in [0.25, 0.3) is 5.91 Å². The maximum Gasteiger partial charge on any atom is 0.276 e. The number of benzene rings is 2. The molecule has 0 spiro atoms. The molecule has 1 N–H and O–H groups in total. The number of nitrogens with one attached hydrogen (secondary N) is 1. The second-order valence-corrected chi connectivity index (χ2v) is 6.73. The van der Waals surface area contributed by atoms with Gasteiger partial charge in [-0.3, -0.25) is 15.1 Å². The second kappa shape index (κ2) is 6.76. The molecular weight excluding hydrogens is 351 g/mol. The van der Waals surface area contributed by atoms with Crippen LogP contribution in [0.3, 0.4) is 0 Å². The Hall–Kier alpha value is -2.93. The predicted octanol–water partition coefficient (Wildman–Crippen LogP) is 1.89. The third-order valence-corrected chi connectivity index (χ3v) is 4.88. The average molecular weight is 366 g/mol. The first kappa shape index (κ1) is 16.5. The van der Waals surface area contributed by atoms with Crippen molar-refractivity contribution in [2.45, 2.75) is 6.17 Å². The Kier molecular flexibility index (Phi) is 4.30. The minimum Gasteiger partial charge on any atom is -0.298 e. The first-order chi connectivity index (χ1) is 12.7. The minimum absolute atomic E-state index is 0.235. The Balaban J connectivity index is 1.90. The van der Waals surface area contributed by atoms with E-state index in [1.165, 1.54) is 23.9 Å². The second-order valence-electron chi connectivity index (χ2n) is 5.72. The lowest BCUT2D eigenvalue weighted by Gasteiger charge is -2.34. The summed E-state index contributed by atoms with van der Waals surface area (Å²) in [6.07, 6.45) is 1.21. The van der Waals surface area contributed by atoms with Crippen molar-refractivity contribution in [1.82, 2.24) is 10.3 Å². The predicted molar refractivity (Wildman–Crippen MR) is 99.8 cm³/mol. The third kappa shape index (κ3) is 2.90. The van der Waals surface area contributed by atoms with E-state index in [4.69, 9.17) is 4.99 Å². The molecule has 2 aromatic rings. The first-order valence-electron chi connectivity index (χ1n) is 8.03. The van der Waals surface area contributed by atoms with Crippen LogP contribution in [0, 0.1) is 5.82 Å². The van der Waals surface area contributed by atoms with Crippen LogP contribution in [0.15, 0.2) is 71.3 Å². The van der Waals surface area contributed by atoms with E-state index in [0.29, 0.717) is 22.0 Å². The number of amides is 1. The largest absolute Gasteiger partial charge is 0.298 e. The number of halogens is 1. The summed E-state index contributed by atoms with van der Waals surface area (Å²) in [7, 11) is 0. The highest BCUT2D eigenvalue weighted by Crippen LogP contribution is 2.30. The zero-order valence-electron chi connectivity index (χ0n) is 13.7. The molecular formula is C19H15FN4OS. The van der Waals surface area contributed by atoms with Crippen molar-refractivity contribution in [2.75, 3.05) is 5.75 Å². The monoisotopic (exact) mass is 366 g/mol. The van der Waals surface area contributed by atoms with Gasteiger partial charge < -0.3 is 0 Å². The number of amidine groups is 1. The first-order valence-corrected chi connectivity index (χ1v) is 9.01. The van der Waals surface area contributed by atoms with Gasteiger partial charge in [-0.05, 0) is 23.8 Å². The SMILES string of the molecule is C=CCSC1=NN2C(=c3ccccc3=NC2c2ccc(F)cc2)C(=O)N1. The molecule has 130 valence electrons. The van der Waals surface area contributed by atoms with E-state index in [9.17, 15) is 9.18 Å². The highest BCUT2D eigenvalue weighted by atomic mass is 32.2. The van der Waals surface area contributed by atoms with E-state index in [1.807, 2.05) is 24.3 Å². The van der Waals surface area contributed by atoms with Crippen LogP contribution in [0.5, 0.6) is 0 Å². The third-order valence-electron chi connectivity index (χ3n) is 4.02. The van der Waals surface area contributed by atoms with Gasteiger partial charge in [0.2, 0.25) is 0 Å². The molecule has 4 rings (SSSR count). The molecule has 1 unspecified atom stereocenters. The standard InChI is InChI=1S/C19H15FN4OS/c1-2-11-26-19-22-18(25)16-14-5-3-4-6-15(14)21-17(24(16)23-19)12-7-9-13(20)10-8-12/h2-10,17H,1,11H2,(H,22,23,25). The number of carbonyl (C=O) groups excluding carboxylic acids is 1. The van der Waals surface area contributed by atoms with Gasteiger partial charge >= 0.3 is 0 Å². The fourth-order valence-electron chi connectivity index (χ4n) is 2.88. The summed E-state index contributed by atoms with van der Waals surface area (Å²) >= 11 is 1.38. The zero-order valence-corrected chi connectivity index (χ0v) is 14.5. The summed E-state index contributed by atoms with van der Waals surface area (Å²) in [4.78, 5) is 17.5. The Bertz CT molecular complexity index is 1030. The molecule has 0 fully saturated rings. The molecule has 0 aliphatic carbocycles. The molecule has 2 aliphatic rings. The Morgan fingerprint density at radius 1 is 1.23 bits per heavy atom. The fraction of sp³-hybridized carbons (Fsp3) is 0.105. The summed E-state index contributed by atoms with van der Waals surface area (Å²) in [5, 5.41) is 10.9. The number of hydrazone groups is 1. The van der Waals surface area contributed by atoms with Crippen LogP contribution in [0.2, 0.25) is 0 Å². The number of carbonyl (C=O) groups is 1. The zero-order chi connectivity index (χ0) is 18.1. The van der Waals surface area contributed by atoms with E-state index in [2.05, 4.69) is 17.0 Å². The van der Waals surface area contributed by atoms with Crippen LogP contribution in [-0.2, 0) is 4.79 Å². The topological polar surface area (TPSA) is 57.1 Å². The van der Waals surface area contributed by atoms with Gasteiger partial charge in [-0.2, -0.15) is 0 Å². The molecule has 7 heteroatoms. The molecule has 0 bridgehead atoms. The van der Waals surface area contributed by atoms with Crippen molar-refractivity contribution in [1.29, 1.82) is 0 Å². The molecule has 1 amide bonds. The van der Waals surface area contributed by atoms with Crippen molar-refractivity contribution < 1.29 is 9.18 Å². The number of rotatable bonds is 3. The number of hydrogen-bond donors (Lipinski definition) is 1. The normalized spacial score (nSPS) is 18.3. The summed E-state index contributed by atoms with van der Waals surface area (Å²) in [5.74, 6) is 0.0642. The number of para-hydroxylation sites is 1. The molecule has 2 heterocycles. The van der Waals surface area contributed by atoms with Crippen LogP contribution in [0.25, 0.3) is 5.70 Å². The van der Waals surface area contributed by atoms with Crippen molar-refractivity contribution in [3.8, 4) is 0 Å². The lowest BCUT2D eigenvalue weighted by Crippen LogP contribution is -2.50. The molecule has 5 nitrogen and oxygen atoms in total. The molecule has 2 aliphatic heterocycles. The van der Waals surface area contributed by atoms with Crippen molar-refractivity contribution in [2.24, 2.45) is 10.1 Å². The van der Waals surface area contributed by atoms with Gasteiger partial charge in [0.1, 0.15) is 11.5 Å². The molecule has 1 atom stereocenters. The lowest BCUT2D eigenvalue weighted by atomic mass is 10.1. The Labute approximate surface area is 153 Å². The van der Waals surface area contributed by atoms with Crippen LogP contribution in [-0.4, -0.2) is 21.8 Å². The number of hydrogen-bond acceptors (Lipinski definition) is 5. The maximum atomic E-state index is 13.3. The van der Waals surface area contributed by atoms with Gasteiger partial charge in [0.15, 0.2) is 11.3 Å². The number of nitrogens with zero attached hydrogens (tertiary/aromatic N) is 3. The summed E-state index contributed by atoms with van der Waals surface area (Å²) < 4.78 is 13.3. The smallest absolute Gasteiger partial charge is 0.276 e. The van der Waals surface area contributed by atoms with E-state index in [0.717, 1.165) is 10.8 Å². The highest BCUT2D eigenvalue weighted by molar-refractivity contribution is 8.14. The van der Waals surface area contributed by atoms with E-state index < -0.39 is 6.17 Å². The maximum absolute atomic E-state index is 13.3. The van der Waals surface area contributed by atoms with Gasteiger partial charge in [-0.25, -0.2) is 9.40 Å².